The Hall–Kier alpha value is -2.02. The molecule has 0 radical (unpaired) electrons. The minimum Gasteiger partial charge on any atom is -0.491 e. The number of nitrogens with one attached hydrogen (secondary N) is 1. The molecule has 1 aliphatic carbocycles. The van der Waals surface area contributed by atoms with E-state index in [1.807, 2.05) is 24.3 Å². The van der Waals surface area contributed by atoms with Gasteiger partial charge in [-0.3, -0.25) is 0 Å². The fourth-order valence-electron chi connectivity index (χ4n) is 4.03. The van der Waals surface area contributed by atoms with E-state index in [2.05, 4.69) is 17.3 Å². The average molecular weight is 419 g/mol. The lowest BCUT2D eigenvalue weighted by molar-refractivity contribution is 0.0561. The number of aliphatic hydroxyl groups is 1. The van der Waals surface area contributed by atoms with Gasteiger partial charge >= 0.3 is 0 Å². The predicted octanol–water partition coefficient (Wildman–Crippen LogP) is 4.26. The van der Waals surface area contributed by atoms with Crippen molar-refractivity contribution in [3.8, 4) is 5.75 Å². The lowest BCUT2D eigenvalue weighted by atomic mass is 9.94. The van der Waals surface area contributed by atoms with Crippen molar-refractivity contribution >= 4 is 0 Å². The third-order valence-electron chi connectivity index (χ3n) is 5.73. The zero-order chi connectivity index (χ0) is 21.3. The Bertz CT molecular complexity index is 776. The van der Waals surface area contributed by atoms with E-state index in [1.54, 1.807) is 0 Å². The van der Waals surface area contributed by atoms with E-state index in [1.165, 1.54) is 50.3 Å². The first kappa shape index (κ1) is 22.7. The van der Waals surface area contributed by atoms with Crippen LogP contribution in [-0.4, -0.2) is 42.4 Å². The standard InChI is InChI=1S/C24H32F2N2O2/c1-28(19-8-3-2-4-9-19)16-20(29)17-30-21-10-5-7-18(13-21)14-27-15-22-23(25)11-6-12-24(22)26/h5-7,10-13,19-20,27,29H,2-4,8-9,14-17H2,1H3. The minimum absolute atomic E-state index is 0.0371. The summed E-state index contributed by atoms with van der Waals surface area (Å²) in [5, 5.41) is 13.4. The zero-order valence-electron chi connectivity index (χ0n) is 17.6. The van der Waals surface area contributed by atoms with Crippen molar-refractivity contribution in [2.75, 3.05) is 20.2 Å². The Balaban J connectivity index is 1.43. The van der Waals surface area contributed by atoms with Crippen molar-refractivity contribution in [1.29, 1.82) is 0 Å². The molecule has 2 N–H and O–H groups in total. The van der Waals surface area contributed by atoms with Gasteiger partial charge < -0.3 is 20.1 Å². The first-order chi connectivity index (χ1) is 14.5. The van der Waals surface area contributed by atoms with Gasteiger partial charge in [-0.2, -0.15) is 0 Å². The van der Waals surface area contributed by atoms with Gasteiger partial charge in [0.1, 0.15) is 30.1 Å². The number of aliphatic hydroxyl groups excluding tert-OH is 1. The number of benzene rings is 2. The van der Waals surface area contributed by atoms with Crippen LogP contribution in [0.15, 0.2) is 42.5 Å². The molecule has 0 bridgehead atoms. The fraction of sp³-hybridized carbons (Fsp3) is 0.500. The second-order valence-corrected chi connectivity index (χ2v) is 8.15. The van der Waals surface area contributed by atoms with E-state index in [-0.39, 0.29) is 18.7 Å². The molecule has 0 aliphatic heterocycles. The highest BCUT2D eigenvalue weighted by atomic mass is 19.1. The second kappa shape index (κ2) is 11.4. The largest absolute Gasteiger partial charge is 0.491 e. The Morgan fingerprint density at radius 1 is 1.07 bits per heavy atom. The van der Waals surface area contributed by atoms with Crippen molar-refractivity contribution in [3.05, 3.63) is 65.2 Å². The molecular weight excluding hydrogens is 386 g/mol. The SMILES string of the molecule is CN(CC(O)COc1cccc(CNCc2c(F)cccc2F)c1)C1CCCCC1. The van der Waals surface area contributed by atoms with Crippen molar-refractivity contribution in [1.82, 2.24) is 10.2 Å². The molecule has 164 valence electrons. The molecule has 30 heavy (non-hydrogen) atoms. The Labute approximate surface area is 177 Å². The van der Waals surface area contributed by atoms with Crippen LogP contribution < -0.4 is 10.1 Å². The lowest BCUT2D eigenvalue weighted by Crippen LogP contribution is -2.40. The van der Waals surface area contributed by atoms with Crippen LogP contribution in [0.25, 0.3) is 0 Å². The van der Waals surface area contributed by atoms with Gasteiger partial charge in [0.2, 0.25) is 0 Å². The van der Waals surface area contributed by atoms with Crippen LogP contribution in [0.5, 0.6) is 5.75 Å². The number of nitrogens with zero attached hydrogens (tertiary/aromatic N) is 1. The third kappa shape index (κ3) is 6.76. The van der Waals surface area contributed by atoms with Gasteiger partial charge in [-0.1, -0.05) is 37.5 Å². The van der Waals surface area contributed by atoms with E-state index in [0.717, 1.165) is 5.56 Å². The van der Waals surface area contributed by atoms with Gasteiger partial charge in [-0.15, -0.1) is 0 Å². The predicted molar refractivity (Wildman–Crippen MR) is 114 cm³/mol. The molecule has 2 aromatic rings. The first-order valence-corrected chi connectivity index (χ1v) is 10.8. The molecule has 3 rings (SSSR count). The van der Waals surface area contributed by atoms with Crippen molar-refractivity contribution in [3.63, 3.8) is 0 Å². The second-order valence-electron chi connectivity index (χ2n) is 8.15. The summed E-state index contributed by atoms with van der Waals surface area (Å²) in [7, 11) is 2.07. The van der Waals surface area contributed by atoms with Crippen molar-refractivity contribution < 1.29 is 18.6 Å². The van der Waals surface area contributed by atoms with E-state index >= 15 is 0 Å². The highest BCUT2D eigenvalue weighted by molar-refractivity contribution is 5.28. The molecule has 4 nitrogen and oxygen atoms in total. The summed E-state index contributed by atoms with van der Waals surface area (Å²) >= 11 is 0. The van der Waals surface area contributed by atoms with Gasteiger partial charge in [0.25, 0.3) is 0 Å². The van der Waals surface area contributed by atoms with Gasteiger partial charge in [0.05, 0.1) is 0 Å². The van der Waals surface area contributed by atoms with Crippen LogP contribution in [0.2, 0.25) is 0 Å². The number of ether oxygens (including phenoxy) is 1. The highest BCUT2D eigenvalue weighted by Gasteiger charge is 2.20. The summed E-state index contributed by atoms with van der Waals surface area (Å²) < 4.78 is 33.2. The van der Waals surface area contributed by atoms with E-state index < -0.39 is 17.7 Å². The third-order valence-corrected chi connectivity index (χ3v) is 5.73. The molecule has 1 saturated carbocycles. The van der Waals surface area contributed by atoms with Gasteiger partial charge in [-0.05, 0) is 49.7 Å². The molecule has 2 aromatic carbocycles. The van der Waals surface area contributed by atoms with Crippen LogP contribution in [-0.2, 0) is 13.1 Å². The van der Waals surface area contributed by atoms with E-state index in [0.29, 0.717) is 24.9 Å². The summed E-state index contributed by atoms with van der Waals surface area (Å²) in [6, 6.07) is 11.9. The minimum atomic E-state index is -0.553. The molecule has 1 fully saturated rings. The maximum absolute atomic E-state index is 13.7. The Kier molecular flexibility index (Phi) is 8.61. The van der Waals surface area contributed by atoms with Crippen LogP contribution in [0.4, 0.5) is 8.78 Å². The monoisotopic (exact) mass is 418 g/mol. The number of rotatable bonds is 10. The van der Waals surface area contributed by atoms with Gasteiger partial charge in [0, 0.05) is 31.2 Å². The molecule has 1 unspecified atom stereocenters. The van der Waals surface area contributed by atoms with Crippen LogP contribution in [0.3, 0.4) is 0 Å². The molecule has 1 aliphatic rings. The summed E-state index contributed by atoms with van der Waals surface area (Å²) in [5.41, 5.74) is 0.980. The fourth-order valence-corrected chi connectivity index (χ4v) is 4.03. The number of halogens is 2. The lowest BCUT2D eigenvalue weighted by Gasteiger charge is -2.32. The van der Waals surface area contributed by atoms with Crippen LogP contribution in [0.1, 0.15) is 43.2 Å². The van der Waals surface area contributed by atoms with E-state index in [4.69, 9.17) is 4.74 Å². The molecule has 6 heteroatoms. The Morgan fingerprint density at radius 3 is 2.50 bits per heavy atom. The van der Waals surface area contributed by atoms with Crippen LogP contribution >= 0.6 is 0 Å². The molecule has 0 saturated heterocycles. The summed E-state index contributed by atoms with van der Waals surface area (Å²) in [5.74, 6) is -0.427. The maximum atomic E-state index is 13.7. The van der Waals surface area contributed by atoms with Crippen molar-refractivity contribution in [2.24, 2.45) is 0 Å². The topological polar surface area (TPSA) is 44.7 Å². The first-order valence-electron chi connectivity index (χ1n) is 10.8. The molecule has 0 heterocycles. The van der Waals surface area contributed by atoms with Crippen LogP contribution in [0, 0.1) is 11.6 Å². The molecule has 0 aromatic heterocycles. The van der Waals surface area contributed by atoms with Gasteiger partial charge in [-0.25, -0.2) is 8.78 Å². The molecule has 0 amide bonds. The number of hydrogen-bond donors (Lipinski definition) is 2. The van der Waals surface area contributed by atoms with E-state index in [9.17, 15) is 13.9 Å². The quantitative estimate of drug-likeness (QED) is 0.605. The van der Waals surface area contributed by atoms with Crippen molar-refractivity contribution in [2.45, 2.75) is 57.3 Å². The highest BCUT2D eigenvalue weighted by Crippen LogP contribution is 2.22. The summed E-state index contributed by atoms with van der Waals surface area (Å²) in [6.07, 6.45) is 5.71. The smallest absolute Gasteiger partial charge is 0.130 e. The van der Waals surface area contributed by atoms with Gasteiger partial charge in [0.15, 0.2) is 0 Å². The number of hydrogen-bond acceptors (Lipinski definition) is 4. The molecule has 1 atom stereocenters. The summed E-state index contributed by atoms with van der Waals surface area (Å²) in [6.45, 7) is 1.39. The number of likely N-dealkylation sites (N-methyl/N-ethyl adjacent to an activating group) is 1. The molecular formula is C24H32F2N2O2. The maximum Gasteiger partial charge on any atom is 0.130 e. The Morgan fingerprint density at radius 2 is 1.77 bits per heavy atom. The zero-order valence-corrected chi connectivity index (χ0v) is 17.6. The summed E-state index contributed by atoms with van der Waals surface area (Å²) in [4.78, 5) is 2.25. The normalized spacial score (nSPS) is 16.0. The average Bonchev–Trinajstić information content (AvgIpc) is 2.75. The molecule has 0 spiro atoms.